The standard InChI is InChI=1S/C22H34N2O4/c25-18-23-22-14-21(28-24(22)15-20-11-13-27-17-20)10-6-1-2-7-12-26-16-19-8-4-3-5-9-19/h3-5,8-9,18,20-22H,1-2,6-7,10-17H2,(H,23,25). The van der Waals surface area contributed by atoms with Gasteiger partial charge in [-0.25, -0.2) is 0 Å². The fourth-order valence-corrected chi connectivity index (χ4v) is 3.92. The molecule has 1 amide bonds. The minimum atomic E-state index is -0.00511. The van der Waals surface area contributed by atoms with Crippen LogP contribution in [0.4, 0.5) is 0 Å². The lowest BCUT2D eigenvalue weighted by molar-refractivity contribution is -0.175. The van der Waals surface area contributed by atoms with Gasteiger partial charge in [0.15, 0.2) is 0 Å². The third-order valence-corrected chi connectivity index (χ3v) is 5.52. The minimum Gasteiger partial charge on any atom is -0.381 e. The van der Waals surface area contributed by atoms with Gasteiger partial charge in [0.05, 0.1) is 19.3 Å². The Hall–Kier alpha value is -1.47. The first-order valence-corrected chi connectivity index (χ1v) is 10.7. The lowest BCUT2D eigenvalue weighted by atomic mass is 10.1. The maximum absolute atomic E-state index is 10.9. The van der Waals surface area contributed by atoms with Crippen LogP contribution in [0.3, 0.4) is 0 Å². The van der Waals surface area contributed by atoms with Gasteiger partial charge in [0.1, 0.15) is 6.17 Å². The number of rotatable bonds is 13. The summed E-state index contributed by atoms with van der Waals surface area (Å²) in [6.45, 7) is 3.98. The number of benzene rings is 1. The summed E-state index contributed by atoms with van der Waals surface area (Å²) in [6, 6.07) is 10.3. The molecule has 0 bridgehead atoms. The summed E-state index contributed by atoms with van der Waals surface area (Å²) < 4.78 is 11.2. The molecule has 2 heterocycles. The summed E-state index contributed by atoms with van der Waals surface area (Å²) in [7, 11) is 0. The van der Waals surface area contributed by atoms with Crippen molar-refractivity contribution in [2.45, 2.75) is 63.8 Å². The zero-order chi connectivity index (χ0) is 19.4. The van der Waals surface area contributed by atoms with Crippen LogP contribution in [0, 0.1) is 5.92 Å². The Morgan fingerprint density at radius 3 is 2.82 bits per heavy atom. The van der Waals surface area contributed by atoms with Gasteiger partial charge in [0, 0.05) is 26.2 Å². The highest BCUT2D eigenvalue weighted by Gasteiger charge is 2.34. The Morgan fingerprint density at radius 2 is 2.04 bits per heavy atom. The van der Waals surface area contributed by atoms with Crippen molar-refractivity contribution in [2.24, 2.45) is 5.92 Å². The molecule has 0 aromatic heterocycles. The van der Waals surface area contributed by atoms with Crippen molar-refractivity contribution < 1.29 is 19.1 Å². The van der Waals surface area contributed by atoms with Crippen molar-refractivity contribution in [1.29, 1.82) is 0 Å². The van der Waals surface area contributed by atoms with Gasteiger partial charge < -0.3 is 14.8 Å². The lowest BCUT2D eigenvalue weighted by Gasteiger charge is -2.24. The molecule has 1 N–H and O–H groups in total. The molecule has 1 aromatic rings. The second kappa shape index (κ2) is 12.2. The van der Waals surface area contributed by atoms with E-state index in [0.29, 0.717) is 12.5 Å². The zero-order valence-electron chi connectivity index (χ0n) is 16.8. The molecule has 0 saturated carbocycles. The Balaban J connectivity index is 1.23. The third-order valence-electron chi connectivity index (χ3n) is 5.52. The highest BCUT2D eigenvalue weighted by Crippen LogP contribution is 2.26. The fourth-order valence-electron chi connectivity index (χ4n) is 3.92. The van der Waals surface area contributed by atoms with Gasteiger partial charge in [0.25, 0.3) is 0 Å². The van der Waals surface area contributed by atoms with Gasteiger partial charge in [-0.3, -0.25) is 9.63 Å². The number of carbonyl (C=O) groups excluding carboxylic acids is 1. The number of hydroxylamine groups is 2. The van der Waals surface area contributed by atoms with E-state index in [1.807, 2.05) is 23.3 Å². The van der Waals surface area contributed by atoms with Gasteiger partial charge in [-0.1, -0.05) is 49.6 Å². The molecule has 3 unspecified atom stereocenters. The summed E-state index contributed by atoms with van der Waals surface area (Å²) in [5.41, 5.74) is 1.23. The summed E-state index contributed by atoms with van der Waals surface area (Å²) in [4.78, 5) is 17.0. The van der Waals surface area contributed by atoms with Crippen LogP contribution in [0.25, 0.3) is 0 Å². The topological polar surface area (TPSA) is 60.0 Å². The number of nitrogens with one attached hydrogen (secondary N) is 1. The van der Waals surface area contributed by atoms with Crippen LogP contribution in [-0.4, -0.2) is 50.1 Å². The maximum atomic E-state index is 10.9. The van der Waals surface area contributed by atoms with E-state index in [1.165, 1.54) is 18.4 Å². The fraction of sp³-hybridized carbons (Fsp3) is 0.682. The Labute approximate surface area is 168 Å². The zero-order valence-corrected chi connectivity index (χ0v) is 16.8. The molecule has 3 rings (SSSR count). The Bertz CT molecular complexity index is 551. The molecule has 0 radical (unpaired) electrons. The number of hydrogen-bond donors (Lipinski definition) is 1. The van der Waals surface area contributed by atoms with E-state index in [1.54, 1.807) is 0 Å². The third kappa shape index (κ3) is 7.17. The molecule has 2 aliphatic heterocycles. The molecule has 28 heavy (non-hydrogen) atoms. The molecule has 6 nitrogen and oxygen atoms in total. The summed E-state index contributed by atoms with van der Waals surface area (Å²) in [5, 5.41) is 4.87. The summed E-state index contributed by atoms with van der Waals surface area (Å²) in [6.07, 6.45) is 8.58. The SMILES string of the molecule is O=CNC1CC(CCCCCCOCc2ccccc2)ON1CC1CCOC1. The van der Waals surface area contributed by atoms with Crippen LogP contribution in [0.2, 0.25) is 0 Å². The van der Waals surface area contributed by atoms with Crippen LogP contribution >= 0.6 is 0 Å². The van der Waals surface area contributed by atoms with Gasteiger partial charge in [0.2, 0.25) is 6.41 Å². The molecule has 1 aromatic carbocycles. The monoisotopic (exact) mass is 390 g/mol. The first kappa shape index (κ1) is 21.2. The van der Waals surface area contributed by atoms with E-state index in [4.69, 9.17) is 14.3 Å². The number of hydrogen-bond acceptors (Lipinski definition) is 5. The van der Waals surface area contributed by atoms with Crippen LogP contribution in [0.5, 0.6) is 0 Å². The van der Waals surface area contributed by atoms with Crippen molar-refractivity contribution >= 4 is 6.41 Å². The van der Waals surface area contributed by atoms with Crippen molar-refractivity contribution in [1.82, 2.24) is 10.4 Å². The van der Waals surface area contributed by atoms with E-state index in [2.05, 4.69) is 17.4 Å². The minimum absolute atomic E-state index is 0.00511. The van der Waals surface area contributed by atoms with Gasteiger partial charge in [-0.05, 0) is 30.7 Å². The van der Waals surface area contributed by atoms with Gasteiger partial charge in [-0.2, -0.15) is 5.06 Å². The molecule has 3 atom stereocenters. The Morgan fingerprint density at radius 1 is 1.18 bits per heavy atom. The molecule has 6 heteroatoms. The lowest BCUT2D eigenvalue weighted by Crippen LogP contribution is -2.42. The van der Waals surface area contributed by atoms with Crippen molar-refractivity contribution in [2.75, 3.05) is 26.4 Å². The number of nitrogens with zero attached hydrogens (tertiary/aromatic N) is 1. The van der Waals surface area contributed by atoms with Crippen LogP contribution in [0.15, 0.2) is 30.3 Å². The molecule has 0 aliphatic carbocycles. The second-order valence-corrected chi connectivity index (χ2v) is 7.83. The predicted molar refractivity (Wildman–Crippen MR) is 107 cm³/mol. The first-order chi connectivity index (χ1) is 13.8. The number of carbonyl (C=O) groups is 1. The van der Waals surface area contributed by atoms with Gasteiger partial charge >= 0.3 is 0 Å². The van der Waals surface area contributed by atoms with Crippen LogP contribution in [-0.2, 0) is 25.7 Å². The highest BCUT2D eigenvalue weighted by molar-refractivity contribution is 5.46. The average molecular weight is 391 g/mol. The predicted octanol–water partition coefficient (Wildman–Crippen LogP) is 3.27. The van der Waals surface area contributed by atoms with Crippen molar-refractivity contribution in [3.05, 3.63) is 35.9 Å². The van der Waals surface area contributed by atoms with E-state index in [-0.39, 0.29) is 12.3 Å². The van der Waals surface area contributed by atoms with E-state index in [0.717, 1.165) is 64.9 Å². The molecule has 2 aliphatic rings. The Kier molecular flexibility index (Phi) is 9.23. The molecule has 156 valence electrons. The number of ether oxygens (including phenoxy) is 2. The summed E-state index contributed by atoms with van der Waals surface area (Å²) in [5.74, 6) is 0.505. The molecule has 0 spiro atoms. The van der Waals surface area contributed by atoms with Crippen molar-refractivity contribution in [3.63, 3.8) is 0 Å². The number of unbranched alkanes of at least 4 members (excludes halogenated alkanes) is 3. The normalized spacial score (nSPS) is 25.2. The quantitative estimate of drug-likeness (QED) is 0.414. The van der Waals surface area contributed by atoms with Gasteiger partial charge in [-0.15, -0.1) is 0 Å². The molecule has 2 fully saturated rings. The molecular weight excluding hydrogens is 356 g/mol. The largest absolute Gasteiger partial charge is 0.381 e. The van der Waals surface area contributed by atoms with Crippen molar-refractivity contribution in [3.8, 4) is 0 Å². The summed E-state index contributed by atoms with van der Waals surface area (Å²) >= 11 is 0. The molecular formula is C22H34N2O4. The second-order valence-electron chi connectivity index (χ2n) is 7.83. The van der Waals surface area contributed by atoms with Crippen LogP contribution < -0.4 is 5.32 Å². The average Bonchev–Trinajstić information content (AvgIpc) is 3.36. The maximum Gasteiger partial charge on any atom is 0.208 e. The van der Waals surface area contributed by atoms with E-state index < -0.39 is 0 Å². The van der Waals surface area contributed by atoms with E-state index in [9.17, 15) is 4.79 Å². The van der Waals surface area contributed by atoms with E-state index >= 15 is 0 Å². The number of amides is 1. The smallest absolute Gasteiger partial charge is 0.208 e. The molecule has 2 saturated heterocycles. The van der Waals surface area contributed by atoms with Crippen LogP contribution in [0.1, 0.15) is 50.5 Å². The highest BCUT2D eigenvalue weighted by atomic mass is 16.7. The first-order valence-electron chi connectivity index (χ1n) is 10.7.